The molecular weight excluding hydrogens is 500 g/mol. The largest absolute Gasteiger partial charge is 0.497 e. The lowest BCUT2D eigenvalue weighted by molar-refractivity contribution is -0.158. The van der Waals surface area contributed by atoms with Crippen molar-refractivity contribution in [1.82, 2.24) is 10.2 Å². The summed E-state index contributed by atoms with van der Waals surface area (Å²) in [5.74, 6) is 0.00675. The first-order valence-corrected chi connectivity index (χ1v) is 13.2. The predicted octanol–water partition coefficient (Wildman–Crippen LogP) is 3.99. The lowest BCUT2D eigenvalue weighted by Gasteiger charge is -2.35. The van der Waals surface area contributed by atoms with E-state index in [9.17, 15) is 14.4 Å². The summed E-state index contributed by atoms with van der Waals surface area (Å²) in [6.45, 7) is 2.47. The first-order valence-electron chi connectivity index (χ1n) is 13.2. The Hall–Kier alpha value is -4.01. The van der Waals surface area contributed by atoms with E-state index >= 15 is 0 Å². The molecule has 1 saturated heterocycles. The van der Waals surface area contributed by atoms with Gasteiger partial charge in [-0.1, -0.05) is 24.3 Å². The minimum absolute atomic E-state index is 0.124. The standard InChI is InChI=1S/C30H36N2O7/c1-5-39-29(35)30-15-7-6-8-26(30)32(19-20-9-12-22(36-2)13-10-20)28(34)23(30)17-27(33)31-18-21-11-14-24(37-3)25(16-21)38-4/h8-14,16,23H,5-7,15,17-19H2,1-4H3,(H,31,33)/t23-,30-/m0/s1. The minimum atomic E-state index is -1.18. The van der Waals surface area contributed by atoms with Crippen molar-refractivity contribution in [1.29, 1.82) is 0 Å². The quantitative estimate of drug-likeness (QED) is 0.433. The molecule has 2 aromatic carbocycles. The molecule has 0 spiro atoms. The van der Waals surface area contributed by atoms with Crippen LogP contribution in [0.25, 0.3) is 0 Å². The summed E-state index contributed by atoms with van der Waals surface area (Å²) in [7, 11) is 4.71. The van der Waals surface area contributed by atoms with Crippen LogP contribution in [-0.4, -0.2) is 50.6 Å². The summed E-state index contributed by atoms with van der Waals surface area (Å²) in [6, 6.07) is 12.9. The molecule has 1 aliphatic carbocycles. The second-order valence-corrected chi connectivity index (χ2v) is 9.67. The Kier molecular flexibility index (Phi) is 8.79. The molecule has 9 heteroatoms. The van der Waals surface area contributed by atoms with Gasteiger partial charge in [0.05, 0.1) is 40.4 Å². The fourth-order valence-electron chi connectivity index (χ4n) is 5.55. The van der Waals surface area contributed by atoms with Gasteiger partial charge in [-0.05, 0) is 61.6 Å². The minimum Gasteiger partial charge on any atom is -0.497 e. The maximum Gasteiger partial charge on any atom is 0.318 e. The monoisotopic (exact) mass is 536 g/mol. The number of methoxy groups -OCH3 is 3. The number of nitrogens with zero attached hydrogens (tertiary/aromatic N) is 1. The van der Waals surface area contributed by atoms with Crippen LogP contribution in [0.3, 0.4) is 0 Å². The number of ether oxygens (including phenoxy) is 4. The van der Waals surface area contributed by atoms with Crippen molar-refractivity contribution in [3.63, 3.8) is 0 Å². The Labute approximate surface area is 229 Å². The molecular formula is C30H36N2O7. The van der Waals surface area contributed by atoms with Crippen molar-refractivity contribution in [2.24, 2.45) is 11.3 Å². The highest BCUT2D eigenvalue weighted by Gasteiger charge is 2.62. The van der Waals surface area contributed by atoms with Gasteiger partial charge in [0.2, 0.25) is 11.8 Å². The van der Waals surface area contributed by atoms with Gasteiger partial charge >= 0.3 is 5.97 Å². The van der Waals surface area contributed by atoms with Crippen LogP contribution in [-0.2, 0) is 32.2 Å². The summed E-state index contributed by atoms with van der Waals surface area (Å²) in [4.78, 5) is 42.3. The van der Waals surface area contributed by atoms with Crippen LogP contribution in [0.1, 0.15) is 43.7 Å². The highest BCUT2D eigenvalue weighted by Crippen LogP contribution is 2.54. The number of rotatable bonds is 11. The van der Waals surface area contributed by atoms with Crippen LogP contribution in [0, 0.1) is 11.3 Å². The molecule has 0 bridgehead atoms. The highest BCUT2D eigenvalue weighted by atomic mass is 16.5. The van der Waals surface area contributed by atoms with E-state index in [1.54, 1.807) is 45.3 Å². The first-order chi connectivity index (χ1) is 18.9. The van der Waals surface area contributed by atoms with Crippen LogP contribution < -0.4 is 19.5 Å². The Balaban J connectivity index is 1.58. The fourth-order valence-corrected chi connectivity index (χ4v) is 5.55. The van der Waals surface area contributed by atoms with Gasteiger partial charge in [0, 0.05) is 18.7 Å². The summed E-state index contributed by atoms with van der Waals surface area (Å²) in [5.41, 5.74) is 1.18. The smallest absolute Gasteiger partial charge is 0.318 e. The zero-order chi connectivity index (χ0) is 28.0. The fraction of sp³-hybridized carbons (Fsp3) is 0.433. The molecule has 208 valence electrons. The topological polar surface area (TPSA) is 103 Å². The van der Waals surface area contributed by atoms with E-state index in [0.717, 1.165) is 24.0 Å². The molecule has 0 radical (unpaired) electrons. The van der Waals surface area contributed by atoms with Crippen molar-refractivity contribution in [2.75, 3.05) is 27.9 Å². The summed E-state index contributed by atoms with van der Waals surface area (Å²) in [5, 5.41) is 2.90. The number of benzene rings is 2. The van der Waals surface area contributed by atoms with E-state index in [4.69, 9.17) is 18.9 Å². The van der Waals surface area contributed by atoms with Gasteiger partial charge in [0.15, 0.2) is 11.5 Å². The molecule has 4 rings (SSSR count). The van der Waals surface area contributed by atoms with E-state index in [0.29, 0.717) is 35.9 Å². The summed E-state index contributed by atoms with van der Waals surface area (Å²) >= 11 is 0. The molecule has 2 aliphatic rings. The zero-order valence-corrected chi connectivity index (χ0v) is 23.0. The molecule has 0 aromatic heterocycles. The van der Waals surface area contributed by atoms with E-state index in [2.05, 4.69) is 5.32 Å². The molecule has 1 N–H and O–H groups in total. The van der Waals surface area contributed by atoms with E-state index in [1.807, 2.05) is 36.4 Å². The van der Waals surface area contributed by atoms with Crippen LogP contribution >= 0.6 is 0 Å². The van der Waals surface area contributed by atoms with Gasteiger partial charge in [-0.2, -0.15) is 0 Å². The molecule has 39 heavy (non-hydrogen) atoms. The Morgan fingerprint density at radius 3 is 2.38 bits per heavy atom. The van der Waals surface area contributed by atoms with E-state index in [1.165, 1.54) is 0 Å². The molecule has 0 unspecified atom stereocenters. The zero-order valence-electron chi connectivity index (χ0n) is 23.0. The summed E-state index contributed by atoms with van der Waals surface area (Å²) < 4.78 is 21.4. The number of hydrogen-bond donors (Lipinski definition) is 1. The van der Waals surface area contributed by atoms with E-state index in [-0.39, 0.29) is 31.4 Å². The molecule has 1 aliphatic heterocycles. The third-order valence-electron chi connectivity index (χ3n) is 7.49. The molecule has 0 saturated carbocycles. The number of nitrogens with one attached hydrogen (secondary N) is 1. The van der Waals surface area contributed by atoms with Crippen molar-refractivity contribution < 1.29 is 33.3 Å². The number of carbonyl (C=O) groups excluding carboxylic acids is 3. The number of carbonyl (C=O) groups is 3. The first kappa shape index (κ1) is 28.0. The van der Waals surface area contributed by atoms with Crippen molar-refractivity contribution >= 4 is 17.8 Å². The lowest BCUT2D eigenvalue weighted by Crippen LogP contribution is -2.43. The molecule has 2 atom stereocenters. The maximum atomic E-state index is 13.9. The van der Waals surface area contributed by atoms with Crippen LogP contribution in [0.2, 0.25) is 0 Å². The van der Waals surface area contributed by atoms with Gasteiger partial charge in [-0.15, -0.1) is 0 Å². The van der Waals surface area contributed by atoms with Crippen molar-refractivity contribution in [2.45, 2.75) is 45.7 Å². The molecule has 2 aromatic rings. The predicted molar refractivity (Wildman–Crippen MR) is 144 cm³/mol. The highest BCUT2D eigenvalue weighted by molar-refractivity contribution is 5.99. The van der Waals surface area contributed by atoms with Gasteiger partial charge in [0.1, 0.15) is 11.2 Å². The normalized spacial score (nSPS) is 20.1. The average Bonchev–Trinajstić information content (AvgIpc) is 3.20. The van der Waals surface area contributed by atoms with E-state index < -0.39 is 17.3 Å². The molecule has 9 nitrogen and oxygen atoms in total. The Bertz CT molecular complexity index is 1240. The van der Waals surface area contributed by atoms with Gasteiger partial charge < -0.3 is 29.2 Å². The van der Waals surface area contributed by atoms with Gasteiger partial charge in [-0.3, -0.25) is 14.4 Å². The molecule has 1 fully saturated rings. The van der Waals surface area contributed by atoms with Crippen LogP contribution in [0.5, 0.6) is 17.2 Å². The Morgan fingerprint density at radius 1 is 1.00 bits per heavy atom. The van der Waals surface area contributed by atoms with Crippen molar-refractivity contribution in [3.8, 4) is 17.2 Å². The third-order valence-corrected chi connectivity index (χ3v) is 7.49. The number of allylic oxidation sites excluding steroid dienone is 1. The number of likely N-dealkylation sites (tertiary alicyclic amines) is 1. The van der Waals surface area contributed by atoms with Crippen LogP contribution in [0.4, 0.5) is 0 Å². The molecule has 1 heterocycles. The number of fused-ring (bicyclic) bond motifs is 1. The average molecular weight is 537 g/mol. The molecule has 2 amide bonds. The number of amides is 2. The van der Waals surface area contributed by atoms with Crippen LogP contribution in [0.15, 0.2) is 54.2 Å². The van der Waals surface area contributed by atoms with Crippen molar-refractivity contribution in [3.05, 3.63) is 65.4 Å². The number of esters is 1. The maximum absolute atomic E-state index is 13.9. The number of hydrogen-bond acceptors (Lipinski definition) is 7. The third kappa shape index (κ3) is 5.57. The second-order valence-electron chi connectivity index (χ2n) is 9.67. The SMILES string of the molecule is CCOC(=O)[C@]12CCCC=C1N(Cc1ccc(OC)cc1)C(=O)[C@@H]2CC(=O)NCc1ccc(OC)c(OC)c1. The second kappa shape index (κ2) is 12.2. The summed E-state index contributed by atoms with van der Waals surface area (Å²) in [6.07, 6.45) is 3.78. The Morgan fingerprint density at radius 2 is 1.72 bits per heavy atom. The van der Waals surface area contributed by atoms with Gasteiger partial charge in [-0.25, -0.2) is 0 Å². The lowest BCUT2D eigenvalue weighted by atomic mass is 9.68. The van der Waals surface area contributed by atoms with Gasteiger partial charge in [0.25, 0.3) is 0 Å².